The Balaban J connectivity index is 2.41. The van der Waals surface area contributed by atoms with E-state index in [2.05, 4.69) is 10.3 Å². The van der Waals surface area contributed by atoms with Crippen molar-refractivity contribution in [3.63, 3.8) is 0 Å². The zero-order valence-corrected chi connectivity index (χ0v) is 8.96. The number of halogens is 1. The minimum absolute atomic E-state index is 0.207. The van der Waals surface area contributed by atoms with Gasteiger partial charge in [-0.25, -0.2) is 0 Å². The smallest absolute Gasteiger partial charge is 0.0634 e. The topological polar surface area (TPSA) is 45.1 Å². The van der Waals surface area contributed by atoms with E-state index < -0.39 is 0 Å². The van der Waals surface area contributed by atoms with Gasteiger partial charge in [0.05, 0.1) is 5.02 Å². The van der Waals surface area contributed by atoms with Gasteiger partial charge in [-0.2, -0.15) is 0 Å². The number of aliphatic hydroxyl groups excluding tert-OH is 1. The Bertz CT molecular complexity index is 281. The second-order valence-electron chi connectivity index (χ2n) is 3.26. The summed E-state index contributed by atoms with van der Waals surface area (Å²) >= 11 is 5.93. The number of pyridine rings is 1. The Hall–Kier alpha value is -0.640. The third-order valence-corrected chi connectivity index (χ3v) is 2.40. The van der Waals surface area contributed by atoms with Crippen molar-refractivity contribution in [1.82, 2.24) is 10.3 Å². The lowest BCUT2D eigenvalue weighted by Gasteiger charge is -2.12. The fourth-order valence-corrected chi connectivity index (χ4v) is 1.31. The fourth-order valence-electron chi connectivity index (χ4n) is 1.13. The molecule has 0 aliphatic rings. The average molecular weight is 215 g/mol. The Labute approximate surface area is 89.1 Å². The van der Waals surface area contributed by atoms with Crippen LogP contribution in [0.15, 0.2) is 18.5 Å². The van der Waals surface area contributed by atoms with E-state index in [4.69, 9.17) is 16.7 Å². The molecule has 78 valence electrons. The van der Waals surface area contributed by atoms with Gasteiger partial charge in [0.15, 0.2) is 0 Å². The maximum Gasteiger partial charge on any atom is 0.0634 e. The largest absolute Gasteiger partial charge is 0.396 e. The SMILES string of the molecule is CC(CCO)NCc1ccncc1Cl. The van der Waals surface area contributed by atoms with Gasteiger partial charge >= 0.3 is 0 Å². The van der Waals surface area contributed by atoms with Crippen molar-refractivity contribution in [2.24, 2.45) is 0 Å². The molecule has 1 aromatic rings. The highest BCUT2D eigenvalue weighted by atomic mass is 35.5. The van der Waals surface area contributed by atoms with E-state index in [0.29, 0.717) is 17.6 Å². The first-order chi connectivity index (χ1) is 6.74. The minimum Gasteiger partial charge on any atom is -0.396 e. The van der Waals surface area contributed by atoms with Gasteiger partial charge < -0.3 is 10.4 Å². The molecule has 1 atom stereocenters. The highest BCUT2D eigenvalue weighted by Crippen LogP contribution is 2.12. The van der Waals surface area contributed by atoms with E-state index in [-0.39, 0.29) is 6.61 Å². The second kappa shape index (κ2) is 5.96. The molecule has 3 nitrogen and oxygen atoms in total. The third kappa shape index (κ3) is 3.62. The molecule has 0 saturated heterocycles. The van der Waals surface area contributed by atoms with Crippen LogP contribution in [0.2, 0.25) is 5.02 Å². The molecule has 1 aromatic heterocycles. The fraction of sp³-hybridized carbons (Fsp3) is 0.500. The minimum atomic E-state index is 0.207. The molecule has 0 aliphatic carbocycles. The average Bonchev–Trinajstić information content (AvgIpc) is 2.17. The molecule has 0 radical (unpaired) electrons. The lowest BCUT2D eigenvalue weighted by molar-refractivity contribution is 0.268. The van der Waals surface area contributed by atoms with Gasteiger partial charge in [0.2, 0.25) is 0 Å². The number of rotatable bonds is 5. The van der Waals surface area contributed by atoms with Crippen LogP contribution in [0.25, 0.3) is 0 Å². The second-order valence-corrected chi connectivity index (χ2v) is 3.67. The van der Waals surface area contributed by atoms with Gasteiger partial charge in [-0.05, 0) is 25.0 Å². The van der Waals surface area contributed by atoms with Crippen LogP contribution < -0.4 is 5.32 Å². The Morgan fingerprint density at radius 3 is 3.07 bits per heavy atom. The van der Waals surface area contributed by atoms with E-state index in [1.807, 2.05) is 13.0 Å². The molecule has 1 rings (SSSR count). The number of hydrogen-bond donors (Lipinski definition) is 2. The van der Waals surface area contributed by atoms with E-state index in [9.17, 15) is 0 Å². The highest BCUT2D eigenvalue weighted by molar-refractivity contribution is 6.31. The number of nitrogens with one attached hydrogen (secondary N) is 1. The monoisotopic (exact) mass is 214 g/mol. The number of hydrogen-bond acceptors (Lipinski definition) is 3. The molecule has 0 fully saturated rings. The Morgan fingerprint density at radius 1 is 1.64 bits per heavy atom. The molecule has 0 aromatic carbocycles. The zero-order valence-electron chi connectivity index (χ0n) is 8.20. The van der Waals surface area contributed by atoms with Gasteiger partial charge in [-0.3, -0.25) is 4.98 Å². The molecule has 0 spiro atoms. The van der Waals surface area contributed by atoms with Crippen LogP contribution in [-0.2, 0) is 6.54 Å². The van der Waals surface area contributed by atoms with Crippen LogP contribution in [0.3, 0.4) is 0 Å². The van der Waals surface area contributed by atoms with Crippen molar-refractivity contribution in [2.45, 2.75) is 25.9 Å². The van der Waals surface area contributed by atoms with Gasteiger partial charge in [-0.15, -0.1) is 0 Å². The summed E-state index contributed by atoms with van der Waals surface area (Å²) in [5, 5.41) is 12.7. The summed E-state index contributed by atoms with van der Waals surface area (Å²) in [6.45, 7) is 2.95. The molecular weight excluding hydrogens is 200 g/mol. The summed E-state index contributed by atoms with van der Waals surface area (Å²) < 4.78 is 0. The molecule has 2 N–H and O–H groups in total. The van der Waals surface area contributed by atoms with Gasteiger partial charge in [0.25, 0.3) is 0 Å². The van der Waals surface area contributed by atoms with Crippen molar-refractivity contribution >= 4 is 11.6 Å². The van der Waals surface area contributed by atoms with E-state index in [1.165, 1.54) is 0 Å². The molecule has 0 amide bonds. The van der Waals surface area contributed by atoms with Crippen LogP contribution in [-0.4, -0.2) is 22.7 Å². The maximum absolute atomic E-state index is 8.71. The standard InChI is InChI=1S/C10H15ClN2O/c1-8(3-5-14)13-6-9-2-4-12-7-10(9)11/h2,4,7-8,13-14H,3,5-6H2,1H3. The lowest BCUT2D eigenvalue weighted by atomic mass is 10.2. The number of nitrogens with zero attached hydrogens (tertiary/aromatic N) is 1. The van der Waals surface area contributed by atoms with Crippen LogP contribution in [0.5, 0.6) is 0 Å². The van der Waals surface area contributed by atoms with Crippen molar-refractivity contribution in [2.75, 3.05) is 6.61 Å². The van der Waals surface area contributed by atoms with Crippen molar-refractivity contribution in [1.29, 1.82) is 0 Å². The molecule has 1 unspecified atom stereocenters. The van der Waals surface area contributed by atoms with Crippen LogP contribution in [0.4, 0.5) is 0 Å². The van der Waals surface area contributed by atoms with E-state index >= 15 is 0 Å². The molecule has 14 heavy (non-hydrogen) atoms. The summed E-state index contributed by atoms with van der Waals surface area (Å²) in [6, 6.07) is 2.19. The maximum atomic E-state index is 8.71. The number of aromatic nitrogens is 1. The Kier molecular flexibility index (Phi) is 4.87. The summed E-state index contributed by atoms with van der Waals surface area (Å²) in [6.07, 6.45) is 4.11. The van der Waals surface area contributed by atoms with E-state index in [0.717, 1.165) is 12.0 Å². The molecule has 1 heterocycles. The van der Waals surface area contributed by atoms with Crippen LogP contribution in [0.1, 0.15) is 18.9 Å². The van der Waals surface area contributed by atoms with E-state index in [1.54, 1.807) is 12.4 Å². The third-order valence-electron chi connectivity index (χ3n) is 2.06. The molecule has 0 bridgehead atoms. The Morgan fingerprint density at radius 2 is 2.43 bits per heavy atom. The molecule has 4 heteroatoms. The summed E-state index contributed by atoms with van der Waals surface area (Å²) in [5.41, 5.74) is 1.03. The van der Waals surface area contributed by atoms with Crippen molar-refractivity contribution < 1.29 is 5.11 Å². The zero-order chi connectivity index (χ0) is 10.4. The molecule has 0 saturated carbocycles. The van der Waals surface area contributed by atoms with Gasteiger partial charge in [0.1, 0.15) is 0 Å². The number of aliphatic hydroxyl groups is 1. The van der Waals surface area contributed by atoms with Crippen LogP contribution in [0, 0.1) is 0 Å². The quantitative estimate of drug-likeness (QED) is 0.783. The predicted molar refractivity (Wildman–Crippen MR) is 57.3 cm³/mol. The van der Waals surface area contributed by atoms with Gasteiger partial charge in [-0.1, -0.05) is 11.6 Å². The van der Waals surface area contributed by atoms with Crippen LogP contribution >= 0.6 is 11.6 Å². The van der Waals surface area contributed by atoms with Crippen molar-refractivity contribution in [3.05, 3.63) is 29.0 Å². The summed E-state index contributed by atoms with van der Waals surface area (Å²) in [5.74, 6) is 0. The molecule has 0 aliphatic heterocycles. The predicted octanol–water partition coefficient (Wildman–Crippen LogP) is 1.60. The first-order valence-electron chi connectivity index (χ1n) is 4.66. The summed E-state index contributed by atoms with van der Waals surface area (Å²) in [7, 11) is 0. The lowest BCUT2D eigenvalue weighted by Crippen LogP contribution is -2.26. The van der Waals surface area contributed by atoms with Gasteiger partial charge in [0, 0.05) is 31.6 Å². The normalized spacial score (nSPS) is 12.8. The first-order valence-corrected chi connectivity index (χ1v) is 5.04. The molecular formula is C10H15ClN2O. The summed E-state index contributed by atoms with van der Waals surface area (Å²) in [4.78, 5) is 3.91. The van der Waals surface area contributed by atoms with Crippen molar-refractivity contribution in [3.8, 4) is 0 Å². The highest BCUT2D eigenvalue weighted by Gasteiger charge is 2.02. The first kappa shape index (κ1) is 11.4.